The largest absolute Gasteiger partial charge is 0.491 e. The second-order valence-corrected chi connectivity index (χ2v) is 10.5. The summed E-state index contributed by atoms with van der Waals surface area (Å²) in [5.74, 6) is 1.20. The molecule has 0 aliphatic rings. The maximum Gasteiger partial charge on any atom is 0.267 e. The first kappa shape index (κ1) is 27.6. The number of nitrogens with zero attached hydrogens (tertiary/aromatic N) is 1. The van der Waals surface area contributed by atoms with E-state index in [2.05, 4.69) is 32.1 Å². The SMILES string of the molecule is COCCOc1cc(NSc2ccccn2)c2[nH]c(C(=O)NCC(CC=O)SCc3ccccc3)cc2c1. The number of H-pyrrole nitrogens is 1. The number of methoxy groups -OCH3 is 1. The number of aromatic nitrogens is 2. The number of hydrogen-bond acceptors (Lipinski definition) is 8. The van der Waals surface area contributed by atoms with Crippen molar-refractivity contribution in [3.8, 4) is 5.75 Å². The molecule has 0 radical (unpaired) electrons. The van der Waals surface area contributed by atoms with Crippen molar-refractivity contribution in [3.05, 3.63) is 84.2 Å². The Morgan fingerprint density at radius 1 is 1.11 bits per heavy atom. The van der Waals surface area contributed by atoms with E-state index in [-0.39, 0.29) is 11.2 Å². The second kappa shape index (κ2) is 14.5. The fourth-order valence-corrected chi connectivity index (χ4v) is 5.34. The fourth-order valence-electron chi connectivity index (χ4n) is 3.67. The average Bonchev–Trinajstić information content (AvgIpc) is 3.39. The standard InChI is InChI=1S/C28H30N4O4S2/c1-35-13-14-36-22-15-21-16-25(31-27(21)24(17-22)32-38-26-9-5-6-11-29-26)28(34)30-18-23(10-12-33)37-19-20-7-3-2-4-8-20/h2-9,11-12,15-17,23,31-32H,10,13-14,18-19H2,1H3,(H,30,34). The Hall–Kier alpha value is -3.47. The highest BCUT2D eigenvalue weighted by molar-refractivity contribution is 8.00. The van der Waals surface area contributed by atoms with Crippen molar-refractivity contribution < 1.29 is 19.1 Å². The van der Waals surface area contributed by atoms with E-state index >= 15 is 0 Å². The Bertz CT molecular complexity index is 1320. The number of nitrogens with one attached hydrogen (secondary N) is 3. The van der Waals surface area contributed by atoms with Gasteiger partial charge in [0.2, 0.25) is 0 Å². The molecule has 10 heteroatoms. The van der Waals surface area contributed by atoms with Crippen LogP contribution < -0.4 is 14.8 Å². The lowest BCUT2D eigenvalue weighted by atomic mass is 10.2. The summed E-state index contributed by atoms with van der Waals surface area (Å²) in [5.41, 5.74) is 3.16. The van der Waals surface area contributed by atoms with Crippen LogP contribution in [-0.4, -0.2) is 54.3 Å². The van der Waals surface area contributed by atoms with Crippen molar-refractivity contribution in [3.63, 3.8) is 0 Å². The van der Waals surface area contributed by atoms with Crippen LogP contribution in [-0.2, 0) is 15.3 Å². The van der Waals surface area contributed by atoms with Gasteiger partial charge in [-0.15, -0.1) is 0 Å². The van der Waals surface area contributed by atoms with Crippen LogP contribution in [0, 0.1) is 0 Å². The lowest BCUT2D eigenvalue weighted by Gasteiger charge is -2.14. The van der Waals surface area contributed by atoms with Gasteiger partial charge in [0.25, 0.3) is 5.91 Å². The number of ether oxygens (including phenoxy) is 2. The van der Waals surface area contributed by atoms with Crippen molar-refractivity contribution in [1.29, 1.82) is 0 Å². The first-order valence-electron chi connectivity index (χ1n) is 12.2. The highest BCUT2D eigenvalue weighted by Gasteiger charge is 2.16. The number of carbonyl (C=O) groups excluding carboxylic acids is 2. The molecule has 0 spiro atoms. The van der Waals surface area contributed by atoms with E-state index in [0.717, 1.165) is 33.7 Å². The molecule has 0 fully saturated rings. The van der Waals surface area contributed by atoms with E-state index in [0.29, 0.717) is 37.6 Å². The van der Waals surface area contributed by atoms with Crippen LogP contribution in [0.15, 0.2) is 78.0 Å². The highest BCUT2D eigenvalue weighted by Crippen LogP contribution is 2.32. The van der Waals surface area contributed by atoms with Crippen LogP contribution in [0.1, 0.15) is 22.5 Å². The number of anilines is 1. The molecule has 0 aliphatic heterocycles. The molecule has 38 heavy (non-hydrogen) atoms. The van der Waals surface area contributed by atoms with E-state index in [9.17, 15) is 9.59 Å². The highest BCUT2D eigenvalue weighted by atomic mass is 32.2. The molecule has 198 valence electrons. The van der Waals surface area contributed by atoms with Crippen molar-refractivity contribution >= 4 is 52.5 Å². The first-order valence-corrected chi connectivity index (χ1v) is 14.0. The summed E-state index contributed by atoms with van der Waals surface area (Å²) >= 11 is 3.03. The van der Waals surface area contributed by atoms with Crippen molar-refractivity contribution in [1.82, 2.24) is 15.3 Å². The quantitative estimate of drug-likeness (QED) is 0.104. The number of fused-ring (bicyclic) bond motifs is 1. The van der Waals surface area contributed by atoms with Gasteiger partial charge in [-0.1, -0.05) is 36.4 Å². The number of hydrogen-bond donors (Lipinski definition) is 3. The molecule has 0 saturated heterocycles. The number of aldehydes is 1. The monoisotopic (exact) mass is 550 g/mol. The van der Waals surface area contributed by atoms with Gasteiger partial charge >= 0.3 is 0 Å². The third-order valence-electron chi connectivity index (χ3n) is 5.58. The molecule has 8 nitrogen and oxygen atoms in total. The van der Waals surface area contributed by atoms with Gasteiger partial charge in [0.15, 0.2) is 0 Å². The van der Waals surface area contributed by atoms with Gasteiger partial charge in [0, 0.05) is 60.7 Å². The summed E-state index contributed by atoms with van der Waals surface area (Å²) in [6, 6.07) is 21.3. The molecule has 2 heterocycles. The number of amides is 1. The normalized spacial score (nSPS) is 11.7. The Balaban J connectivity index is 1.46. The molecular weight excluding hydrogens is 520 g/mol. The Morgan fingerprint density at radius 2 is 1.95 bits per heavy atom. The maximum absolute atomic E-state index is 13.1. The second-order valence-electron chi connectivity index (χ2n) is 8.36. The Kier molecular flexibility index (Phi) is 10.5. The van der Waals surface area contributed by atoms with Crippen LogP contribution >= 0.6 is 23.7 Å². The molecule has 1 amide bonds. The third-order valence-corrected chi connectivity index (χ3v) is 7.69. The van der Waals surface area contributed by atoms with Gasteiger partial charge in [-0.2, -0.15) is 11.8 Å². The molecule has 0 saturated carbocycles. The molecule has 1 atom stereocenters. The molecule has 0 bridgehead atoms. The van der Waals surface area contributed by atoms with Gasteiger partial charge in [-0.05, 0) is 29.8 Å². The number of thioether (sulfide) groups is 1. The summed E-state index contributed by atoms with van der Waals surface area (Å²) < 4.78 is 14.3. The van der Waals surface area contributed by atoms with Crippen molar-refractivity contribution in [2.24, 2.45) is 0 Å². The van der Waals surface area contributed by atoms with Crippen LogP contribution in [0.4, 0.5) is 5.69 Å². The summed E-state index contributed by atoms with van der Waals surface area (Å²) in [6.07, 6.45) is 3.00. The van der Waals surface area contributed by atoms with Gasteiger partial charge in [-0.25, -0.2) is 4.98 Å². The smallest absolute Gasteiger partial charge is 0.267 e. The van der Waals surface area contributed by atoms with E-state index in [4.69, 9.17) is 9.47 Å². The van der Waals surface area contributed by atoms with E-state index < -0.39 is 0 Å². The van der Waals surface area contributed by atoms with Crippen LogP contribution in [0.5, 0.6) is 5.75 Å². The number of aromatic amines is 1. The zero-order valence-electron chi connectivity index (χ0n) is 21.0. The predicted molar refractivity (Wildman–Crippen MR) is 154 cm³/mol. The number of rotatable bonds is 15. The van der Waals surface area contributed by atoms with Gasteiger partial charge < -0.3 is 29.3 Å². The minimum absolute atomic E-state index is 0.0196. The molecule has 1 unspecified atom stereocenters. The lowest BCUT2D eigenvalue weighted by Crippen LogP contribution is -2.31. The van der Waals surface area contributed by atoms with Gasteiger partial charge in [0.1, 0.15) is 29.4 Å². The molecule has 3 N–H and O–H groups in total. The molecule has 4 rings (SSSR count). The van der Waals surface area contributed by atoms with Crippen LogP contribution in [0.2, 0.25) is 0 Å². The van der Waals surface area contributed by atoms with Crippen molar-refractivity contribution in [2.75, 3.05) is 31.6 Å². The Morgan fingerprint density at radius 3 is 2.71 bits per heavy atom. The van der Waals surface area contributed by atoms with Gasteiger partial charge in [-0.3, -0.25) is 4.79 Å². The number of carbonyl (C=O) groups is 2. The van der Waals surface area contributed by atoms with Crippen LogP contribution in [0.25, 0.3) is 10.9 Å². The van der Waals surface area contributed by atoms with Crippen LogP contribution in [0.3, 0.4) is 0 Å². The average molecular weight is 551 g/mol. The van der Waals surface area contributed by atoms with Crippen molar-refractivity contribution in [2.45, 2.75) is 22.4 Å². The summed E-state index contributed by atoms with van der Waals surface area (Å²) in [6.45, 7) is 1.26. The molecule has 2 aromatic heterocycles. The van der Waals surface area contributed by atoms with E-state index in [1.807, 2.05) is 48.5 Å². The summed E-state index contributed by atoms with van der Waals surface area (Å²) in [4.78, 5) is 31.9. The Labute approximate surface area is 230 Å². The third kappa shape index (κ3) is 8.01. The lowest BCUT2D eigenvalue weighted by molar-refractivity contribution is -0.107. The predicted octanol–water partition coefficient (Wildman–Crippen LogP) is 5.33. The molecule has 2 aromatic carbocycles. The molecule has 0 aliphatic carbocycles. The zero-order valence-corrected chi connectivity index (χ0v) is 22.6. The number of benzene rings is 2. The number of pyridine rings is 1. The topological polar surface area (TPSA) is 105 Å². The van der Waals surface area contributed by atoms with Gasteiger partial charge in [0.05, 0.1) is 17.8 Å². The molecular formula is C28H30N4O4S2. The maximum atomic E-state index is 13.1. The first-order chi connectivity index (χ1) is 18.7. The minimum atomic E-state index is -0.234. The zero-order chi connectivity index (χ0) is 26.6. The summed E-state index contributed by atoms with van der Waals surface area (Å²) in [7, 11) is 1.62. The fraction of sp³-hybridized carbons (Fsp3) is 0.250. The van der Waals surface area contributed by atoms with E-state index in [1.165, 1.54) is 17.5 Å². The molecule has 4 aromatic rings. The van der Waals surface area contributed by atoms with E-state index in [1.54, 1.807) is 31.1 Å². The minimum Gasteiger partial charge on any atom is -0.491 e. The summed E-state index contributed by atoms with van der Waals surface area (Å²) in [5, 5.41) is 4.60.